The molecule has 4 heteroatoms. The van der Waals surface area contributed by atoms with Gasteiger partial charge >= 0.3 is 0 Å². The molecule has 1 aliphatic rings. The van der Waals surface area contributed by atoms with Gasteiger partial charge in [0.05, 0.1) is 4.47 Å². The van der Waals surface area contributed by atoms with Crippen molar-refractivity contribution in [3.8, 4) is 0 Å². The van der Waals surface area contributed by atoms with E-state index in [1.165, 1.54) is 19.3 Å². The number of anilines is 1. The van der Waals surface area contributed by atoms with Crippen LogP contribution in [-0.4, -0.2) is 23.1 Å². The van der Waals surface area contributed by atoms with Gasteiger partial charge in [0.1, 0.15) is 12.1 Å². The molecule has 2 rings (SSSR count). The maximum atomic E-state index is 4.36. The highest BCUT2D eigenvalue weighted by Crippen LogP contribution is 2.32. The molecule has 1 fully saturated rings. The van der Waals surface area contributed by atoms with Crippen molar-refractivity contribution in [1.29, 1.82) is 0 Å². The predicted molar refractivity (Wildman–Crippen MR) is 69.6 cm³/mol. The van der Waals surface area contributed by atoms with Gasteiger partial charge in [-0.05, 0) is 40.6 Å². The summed E-state index contributed by atoms with van der Waals surface area (Å²) in [6, 6.07) is 0. The molecule has 3 nitrogen and oxygen atoms in total. The molecule has 0 saturated carbocycles. The molecule has 1 aliphatic heterocycles. The minimum atomic E-state index is 0.467. The fourth-order valence-electron chi connectivity index (χ4n) is 2.17. The van der Waals surface area contributed by atoms with E-state index in [0.717, 1.165) is 23.4 Å². The minimum absolute atomic E-state index is 0.467. The first kappa shape index (κ1) is 11.8. The van der Waals surface area contributed by atoms with E-state index in [9.17, 15) is 0 Å². The van der Waals surface area contributed by atoms with Gasteiger partial charge in [-0.3, -0.25) is 0 Å². The van der Waals surface area contributed by atoms with Crippen molar-refractivity contribution in [1.82, 2.24) is 9.97 Å². The van der Waals surface area contributed by atoms with Crippen LogP contribution in [0, 0.1) is 5.41 Å². The van der Waals surface area contributed by atoms with Crippen molar-refractivity contribution in [3.63, 3.8) is 0 Å². The van der Waals surface area contributed by atoms with Crippen LogP contribution < -0.4 is 4.90 Å². The average Bonchev–Trinajstić information content (AvgIpc) is 2.40. The number of hydrogen-bond donors (Lipinski definition) is 0. The van der Waals surface area contributed by atoms with Gasteiger partial charge in [-0.2, -0.15) is 0 Å². The van der Waals surface area contributed by atoms with Crippen LogP contribution in [0.2, 0.25) is 0 Å². The Morgan fingerprint density at radius 3 is 2.88 bits per heavy atom. The zero-order valence-electron chi connectivity index (χ0n) is 9.91. The Labute approximate surface area is 105 Å². The van der Waals surface area contributed by atoms with E-state index < -0.39 is 0 Å². The highest BCUT2D eigenvalue weighted by molar-refractivity contribution is 9.10. The normalized spacial score (nSPS) is 20.6. The molecule has 0 spiro atoms. The lowest BCUT2D eigenvalue weighted by Crippen LogP contribution is -2.26. The van der Waals surface area contributed by atoms with Crippen LogP contribution in [0.3, 0.4) is 0 Å². The monoisotopic (exact) mass is 283 g/mol. The second-order valence-electron chi connectivity index (χ2n) is 5.20. The molecular weight excluding hydrogens is 266 g/mol. The number of rotatable bonds is 1. The van der Waals surface area contributed by atoms with Crippen LogP contribution in [-0.2, 0) is 0 Å². The highest BCUT2D eigenvalue weighted by atomic mass is 79.9. The molecule has 2 heterocycles. The Morgan fingerprint density at radius 1 is 1.31 bits per heavy atom. The lowest BCUT2D eigenvalue weighted by atomic mass is 9.85. The Kier molecular flexibility index (Phi) is 3.47. The first-order valence-corrected chi connectivity index (χ1v) is 6.58. The molecule has 88 valence electrons. The third-order valence-corrected chi connectivity index (χ3v) is 3.85. The molecule has 16 heavy (non-hydrogen) atoms. The summed E-state index contributed by atoms with van der Waals surface area (Å²) in [7, 11) is 0. The highest BCUT2D eigenvalue weighted by Gasteiger charge is 2.24. The zero-order chi connectivity index (χ0) is 11.6. The summed E-state index contributed by atoms with van der Waals surface area (Å²) < 4.78 is 0.995. The molecule has 1 aromatic heterocycles. The molecule has 0 atom stereocenters. The van der Waals surface area contributed by atoms with Crippen molar-refractivity contribution in [3.05, 3.63) is 17.0 Å². The summed E-state index contributed by atoms with van der Waals surface area (Å²) in [5.74, 6) is 1.03. The van der Waals surface area contributed by atoms with E-state index in [4.69, 9.17) is 0 Å². The summed E-state index contributed by atoms with van der Waals surface area (Å²) in [4.78, 5) is 10.7. The second kappa shape index (κ2) is 4.70. The molecule has 0 radical (unpaired) electrons. The summed E-state index contributed by atoms with van der Waals surface area (Å²) in [6.07, 6.45) is 7.20. The van der Waals surface area contributed by atoms with Gasteiger partial charge in [-0.1, -0.05) is 13.8 Å². The lowest BCUT2D eigenvalue weighted by Gasteiger charge is -2.24. The van der Waals surface area contributed by atoms with Gasteiger partial charge in [0.2, 0.25) is 0 Å². The fraction of sp³-hybridized carbons (Fsp3) is 0.667. The Hall–Kier alpha value is -0.640. The average molecular weight is 284 g/mol. The van der Waals surface area contributed by atoms with Crippen LogP contribution in [0.1, 0.15) is 33.1 Å². The molecule has 0 amide bonds. The first-order chi connectivity index (χ1) is 7.58. The SMILES string of the molecule is CC1(C)CCCN(c2ncncc2Br)CC1. The molecule has 0 N–H and O–H groups in total. The third kappa shape index (κ3) is 2.73. The molecule has 1 aromatic rings. The molecule has 0 aromatic carbocycles. The van der Waals surface area contributed by atoms with E-state index in [1.807, 2.05) is 6.20 Å². The Morgan fingerprint density at radius 2 is 2.12 bits per heavy atom. The van der Waals surface area contributed by atoms with Gasteiger partial charge in [0, 0.05) is 19.3 Å². The van der Waals surface area contributed by atoms with Crippen molar-refractivity contribution in [2.75, 3.05) is 18.0 Å². The maximum Gasteiger partial charge on any atom is 0.146 e. The molecule has 0 unspecified atom stereocenters. The van der Waals surface area contributed by atoms with Crippen molar-refractivity contribution in [2.45, 2.75) is 33.1 Å². The molecule has 1 saturated heterocycles. The zero-order valence-corrected chi connectivity index (χ0v) is 11.5. The van der Waals surface area contributed by atoms with Crippen LogP contribution in [0.25, 0.3) is 0 Å². The van der Waals surface area contributed by atoms with Gasteiger partial charge < -0.3 is 4.90 Å². The first-order valence-electron chi connectivity index (χ1n) is 5.79. The van der Waals surface area contributed by atoms with E-state index in [0.29, 0.717) is 5.41 Å². The smallest absolute Gasteiger partial charge is 0.146 e. The fourth-order valence-corrected chi connectivity index (χ4v) is 2.64. The number of halogens is 1. The standard InChI is InChI=1S/C12H18BrN3/c1-12(2)4-3-6-16(7-5-12)11-10(13)8-14-9-15-11/h8-9H,3-7H2,1-2H3. The predicted octanol–water partition coefficient (Wildman–Crippen LogP) is 3.26. The second-order valence-corrected chi connectivity index (χ2v) is 6.05. The van der Waals surface area contributed by atoms with Gasteiger partial charge in [0.25, 0.3) is 0 Å². The topological polar surface area (TPSA) is 29.0 Å². The van der Waals surface area contributed by atoms with Crippen LogP contribution >= 0.6 is 15.9 Å². The van der Waals surface area contributed by atoms with Crippen molar-refractivity contribution >= 4 is 21.7 Å². The minimum Gasteiger partial charge on any atom is -0.356 e. The molecular formula is C12H18BrN3. The van der Waals surface area contributed by atoms with Gasteiger partial charge in [0.15, 0.2) is 0 Å². The quantitative estimate of drug-likeness (QED) is 0.792. The van der Waals surface area contributed by atoms with Gasteiger partial charge in [-0.15, -0.1) is 0 Å². The lowest BCUT2D eigenvalue weighted by molar-refractivity contribution is 0.325. The summed E-state index contributed by atoms with van der Waals surface area (Å²) in [6.45, 7) is 6.89. The van der Waals surface area contributed by atoms with Gasteiger partial charge in [-0.25, -0.2) is 9.97 Å². The van der Waals surface area contributed by atoms with Crippen LogP contribution in [0.5, 0.6) is 0 Å². The number of aromatic nitrogens is 2. The number of nitrogens with zero attached hydrogens (tertiary/aromatic N) is 3. The van der Waals surface area contributed by atoms with E-state index >= 15 is 0 Å². The molecule has 0 bridgehead atoms. The number of hydrogen-bond acceptors (Lipinski definition) is 3. The third-order valence-electron chi connectivity index (χ3n) is 3.29. The largest absolute Gasteiger partial charge is 0.356 e. The molecule has 0 aliphatic carbocycles. The van der Waals surface area contributed by atoms with Crippen LogP contribution in [0.4, 0.5) is 5.82 Å². The summed E-state index contributed by atoms with van der Waals surface area (Å²) >= 11 is 3.52. The summed E-state index contributed by atoms with van der Waals surface area (Å²) in [5, 5.41) is 0. The van der Waals surface area contributed by atoms with E-state index in [2.05, 4.69) is 44.6 Å². The Balaban J connectivity index is 2.14. The van der Waals surface area contributed by atoms with E-state index in [-0.39, 0.29) is 0 Å². The van der Waals surface area contributed by atoms with Crippen molar-refractivity contribution < 1.29 is 0 Å². The van der Waals surface area contributed by atoms with Crippen LogP contribution in [0.15, 0.2) is 17.0 Å². The summed E-state index contributed by atoms with van der Waals surface area (Å²) in [5.41, 5.74) is 0.467. The Bertz CT molecular complexity index is 365. The van der Waals surface area contributed by atoms with Crippen molar-refractivity contribution in [2.24, 2.45) is 5.41 Å². The van der Waals surface area contributed by atoms with E-state index in [1.54, 1.807) is 6.33 Å². The maximum absolute atomic E-state index is 4.36.